The number of nitrogens with two attached hydrogens (primary N) is 1. The molecule has 0 bridgehead atoms. The van der Waals surface area contributed by atoms with Crippen molar-refractivity contribution in [3.8, 4) is 0 Å². The fourth-order valence-electron chi connectivity index (χ4n) is 1.94. The molecule has 1 heterocycles. The monoisotopic (exact) mass is 256 g/mol. The lowest BCUT2D eigenvalue weighted by Gasteiger charge is -2.04. The molecular formula is C14H12N2OS. The van der Waals surface area contributed by atoms with Gasteiger partial charge in [-0.15, -0.1) is 0 Å². The van der Waals surface area contributed by atoms with Crippen LogP contribution in [-0.2, 0) is 11.2 Å². The second-order valence-electron chi connectivity index (χ2n) is 4.22. The van der Waals surface area contributed by atoms with Crippen molar-refractivity contribution in [1.82, 2.24) is 0 Å². The first-order valence-corrected chi connectivity index (χ1v) is 6.48. The highest BCUT2D eigenvalue weighted by atomic mass is 32.2. The third-order valence-corrected chi connectivity index (χ3v) is 3.82. The Bertz CT molecular complexity index is 608. The highest BCUT2D eigenvalue weighted by Gasteiger charge is 2.17. The molecule has 18 heavy (non-hydrogen) atoms. The van der Waals surface area contributed by atoms with Crippen LogP contribution in [0.3, 0.4) is 0 Å². The van der Waals surface area contributed by atoms with E-state index < -0.39 is 0 Å². The molecular weight excluding hydrogens is 244 g/mol. The molecule has 90 valence electrons. The number of carbonyl (C=O) groups is 1. The van der Waals surface area contributed by atoms with Crippen molar-refractivity contribution in [2.45, 2.75) is 16.2 Å². The maximum absolute atomic E-state index is 11.3. The van der Waals surface area contributed by atoms with E-state index in [-0.39, 0.29) is 5.91 Å². The molecule has 0 spiro atoms. The summed E-state index contributed by atoms with van der Waals surface area (Å²) < 4.78 is 0. The zero-order chi connectivity index (χ0) is 12.5. The smallest absolute Gasteiger partial charge is 0.228 e. The van der Waals surface area contributed by atoms with Crippen LogP contribution in [0.5, 0.6) is 0 Å². The fraction of sp³-hybridized carbons (Fsp3) is 0.0714. The summed E-state index contributed by atoms with van der Waals surface area (Å²) in [5, 5.41) is 2.83. The van der Waals surface area contributed by atoms with Crippen LogP contribution in [0.15, 0.2) is 52.3 Å². The van der Waals surface area contributed by atoms with Crippen LogP contribution in [0, 0.1) is 0 Å². The normalized spacial score (nSPS) is 13.2. The van der Waals surface area contributed by atoms with Gasteiger partial charge < -0.3 is 11.1 Å². The summed E-state index contributed by atoms with van der Waals surface area (Å²) in [5.74, 6) is 0.0691. The molecule has 0 saturated heterocycles. The highest BCUT2D eigenvalue weighted by molar-refractivity contribution is 7.99. The largest absolute Gasteiger partial charge is 0.399 e. The van der Waals surface area contributed by atoms with E-state index in [1.54, 1.807) is 11.8 Å². The van der Waals surface area contributed by atoms with E-state index in [0.717, 1.165) is 26.7 Å². The number of carbonyl (C=O) groups excluding carboxylic acids is 1. The second kappa shape index (κ2) is 4.38. The molecule has 3 N–H and O–H groups in total. The summed E-state index contributed by atoms with van der Waals surface area (Å²) in [5.41, 5.74) is 8.42. The Balaban J connectivity index is 1.84. The maximum Gasteiger partial charge on any atom is 0.228 e. The summed E-state index contributed by atoms with van der Waals surface area (Å²) in [6, 6.07) is 13.8. The van der Waals surface area contributed by atoms with Crippen molar-refractivity contribution in [2.24, 2.45) is 0 Å². The highest BCUT2D eigenvalue weighted by Crippen LogP contribution is 2.32. The summed E-state index contributed by atoms with van der Waals surface area (Å²) >= 11 is 1.67. The van der Waals surface area contributed by atoms with E-state index in [9.17, 15) is 4.79 Å². The van der Waals surface area contributed by atoms with Crippen LogP contribution in [0.1, 0.15) is 5.56 Å². The first kappa shape index (κ1) is 11.2. The van der Waals surface area contributed by atoms with Gasteiger partial charge in [0.1, 0.15) is 0 Å². The van der Waals surface area contributed by atoms with Crippen molar-refractivity contribution in [2.75, 3.05) is 11.1 Å². The predicted molar refractivity (Wildman–Crippen MR) is 73.8 cm³/mol. The minimum Gasteiger partial charge on any atom is -0.399 e. The third kappa shape index (κ3) is 2.19. The van der Waals surface area contributed by atoms with E-state index in [1.165, 1.54) is 0 Å². The number of fused-ring (bicyclic) bond motifs is 1. The topological polar surface area (TPSA) is 55.1 Å². The molecule has 0 unspecified atom stereocenters. The summed E-state index contributed by atoms with van der Waals surface area (Å²) in [6.45, 7) is 0. The summed E-state index contributed by atoms with van der Waals surface area (Å²) in [6.07, 6.45) is 0.478. The van der Waals surface area contributed by atoms with Crippen LogP contribution < -0.4 is 11.1 Å². The molecule has 0 saturated carbocycles. The molecule has 2 aromatic rings. The Morgan fingerprint density at radius 1 is 1.06 bits per heavy atom. The summed E-state index contributed by atoms with van der Waals surface area (Å²) in [7, 11) is 0. The molecule has 4 heteroatoms. The van der Waals surface area contributed by atoms with Crippen LogP contribution in [-0.4, -0.2) is 5.91 Å². The molecule has 1 aliphatic rings. The molecule has 3 rings (SSSR count). The minimum absolute atomic E-state index is 0.0691. The lowest BCUT2D eigenvalue weighted by molar-refractivity contribution is -0.115. The maximum atomic E-state index is 11.3. The lowest BCUT2D eigenvalue weighted by atomic mass is 10.2. The number of hydrogen-bond acceptors (Lipinski definition) is 3. The molecule has 3 nitrogen and oxygen atoms in total. The van der Waals surface area contributed by atoms with Gasteiger partial charge in [-0.3, -0.25) is 4.79 Å². The number of benzene rings is 2. The van der Waals surface area contributed by atoms with Gasteiger partial charge in [0.15, 0.2) is 0 Å². The molecule has 1 amide bonds. The van der Waals surface area contributed by atoms with E-state index in [2.05, 4.69) is 11.4 Å². The standard InChI is InChI=1S/C14H12N2OS/c15-10-1-3-11(4-2-10)18-12-5-6-13-9(7-12)8-14(17)16-13/h1-7H,8,15H2,(H,16,17). The van der Waals surface area contributed by atoms with Crippen LogP contribution in [0.4, 0.5) is 11.4 Å². The molecule has 1 aliphatic heterocycles. The molecule has 0 fully saturated rings. The molecule has 0 radical (unpaired) electrons. The van der Waals surface area contributed by atoms with E-state index >= 15 is 0 Å². The van der Waals surface area contributed by atoms with Gasteiger partial charge in [-0.2, -0.15) is 0 Å². The minimum atomic E-state index is 0.0691. The second-order valence-corrected chi connectivity index (χ2v) is 5.36. The zero-order valence-corrected chi connectivity index (χ0v) is 10.5. The van der Waals surface area contributed by atoms with Gasteiger partial charge >= 0.3 is 0 Å². The van der Waals surface area contributed by atoms with E-state index in [1.807, 2.05) is 36.4 Å². The van der Waals surface area contributed by atoms with Crippen molar-refractivity contribution in [3.05, 3.63) is 48.0 Å². The van der Waals surface area contributed by atoms with Crippen molar-refractivity contribution >= 4 is 29.0 Å². The van der Waals surface area contributed by atoms with Crippen LogP contribution in [0.2, 0.25) is 0 Å². The zero-order valence-electron chi connectivity index (χ0n) is 9.64. The Kier molecular flexibility index (Phi) is 2.72. The van der Waals surface area contributed by atoms with E-state index in [4.69, 9.17) is 5.73 Å². The number of nitrogens with one attached hydrogen (secondary N) is 1. The SMILES string of the molecule is Nc1ccc(Sc2ccc3c(c2)CC(=O)N3)cc1. The average molecular weight is 256 g/mol. The van der Waals surface area contributed by atoms with E-state index in [0.29, 0.717) is 6.42 Å². The lowest BCUT2D eigenvalue weighted by Crippen LogP contribution is -2.03. The van der Waals surface area contributed by atoms with Gasteiger partial charge in [-0.25, -0.2) is 0 Å². The number of amides is 1. The fourth-order valence-corrected chi connectivity index (χ4v) is 2.82. The number of rotatable bonds is 2. The number of hydrogen-bond donors (Lipinski definition) is 2. The van der Waals surface area contributed by atoms with Gasteiger partial charge in [0.25, 0.3) is 0 Å². The van der Waals surface area contributed by atoms with Gasteiger partial charge in [-0.1, -0.05) is 11.8 Å². The summed E-state index contributed by atoms with van der Waals surface area (Å²) in [4.78, 5) is 13.5. The Morgan fingerprint density at radius 2 is 1.78 bits per heavy atom. The van der Waals surface area contributed by atoms with Gasteiger partial charge in [0.05, 0.1) is 6.42 Å². The molecule has 0 atom stereocenters. The molecule has 0 aliphatic carbocycles. The van der Waals surface area contributed by atoms with Gasteiger partial charge in [0, 0.05) is 21.2 Å². The Hall–Kier alpha value is -1.94. The van der Waals surface area contributed by atoms with Crippen LogP contribution >= 0.6 is 11.8 Å². The number of nitrogen functional groups attached to an aromatic ring is 1. The first-order valence-electron chi connectivity index (χ1n) is 5.67. The quantitative estimate of drug-likeness (QED) is 0.812. The number of anilines is 2. The molecule has 2 aromatic carbocycles. The Morgan fingerprint density at radius 3 is 2.56 bits per heavy atom. The average Bonchev–Trinajstić information content (AvgIpc) is 2.71. The third-order valence-electron chi connectivity index (χ3n) is 2.82. The Labute approximate surface area is 109 Å². The van der Waals surface area contributed by atoms with Gasteiger partial charge in [-0.05, 0) is 48.0 Å². The van der Waals surface area contributed by atoms with Crippen molar-refractivity contribution in [1.29, 1.82) is 0 Å². The first-order chi connectivity index (χ1) is 8.70. The van der Waals surface area contributed by atoms with Crippen molar-refractivity contribution in [3.63, 3.8) is 0 Å². The van der Waals surface area contributed by atoms with Crippen LogP contribution in [0.25, 0.3) is 0 Å². The predicted octanol–water partition coefficient (Wildman–Crippen LogP) is 2.91. The van der Waals surface area contributed by atoms with Gasteiger partial charge in [0.2, 0.25) is 5.91 Å². The van der Waals surface area contributed by atoms with Crippen molar-refractivity contribution < 1.29 is 4.79 Å². The molecule has 0 aromatic heterocycles.